The van der Waals surface area contributed by atoms with Gasteiger partial charge < -0.3 is 15.9 Å². The van der Waals surface area contributed by atoms with Gasteiger partial charge in [0.2, 0.25) is 0 Å². The second-order valence-corrected chi connectivity index (χ2v) is 3.09. The molecule has 0 amide bonds. The summed E-state index contributed by atoms with van der Waals surface area (Å²) in [6.07, 6.45) is 0.780. The molecule has 0 atom stereocenters. The highest BCUT2D eigenvalue weighted by Gasteiger charge is 2.20. The molecule has 1 aromatic carbocycles. The van der Waals surface area contributed by atoms with Crippen LogP contribution in [0.25, 0.3) is 0 Å². The number of phenolic OH excluding ortho intramolecular Hbond substituents is 1. The van der Waals surface area contributed by atoms with E-state index in [1.54, 1.807) is 0 Å². The Labute approximate surface area is 86.1 Å². The first-order chi connectivity index (χ1) is 7.07. The summed E-state index contributed by atoms with van der Waals surface area (Å²) in [6, 6.07) is 2.76. The number of nitrogens with zero attached hydrogens (tertiary/aromatic N) is 1. The first kappa shape index (κ1) is 11.3. The Morgan fingerprint density at radius 3 is 2.67 bits per heavy atom. The molecule has 0 saturated heterocycles. The number of phenols is 1. The molecule has 0 unspecified atom stereocenters. The maximum absolute atomic E-state index is 10.7. The van der Waals surface area contributed by atoms with E-state index in [0.29, 0.717) is 18.4 Å². The van der Waals surface area contributed by atoms with E-state index in [1.807, 2.05) is 0 Å². The van der Waals surface area contributed by atoms with Crippen molar-refractivity contribution in [1.82, 2.24) is 0 Å². The number of aromatic hydroxyl groups is 1. The van der Waals surface area contributed by atoms with Crippen molar-refractivity contribution >= 4 is 11.4 Å². The summed E-state index contributed by atoms with van der Waals surface area (Å²) in [5.74, 6) is -0.297. The summed E-state index contributed by atoms with van der Waals surface area (Å²) < 4.78 is 0. The monoisotopic (exact) mass is 212 g/mol. The number of nitrogen functional groups attached to an aromatic ring is 1. The molecule has 0 fully saturated rings. The van der Waals surface area contributed by atoms with Gasteiger partial charge in [0.15, 0.2) is 5.69 Å². The molecule has 0 saturated carbocycles. The lowest BCUT2D eigenvalue weighted by Crippen LogP contribution is -2.01. The summed E-state index contributed by atoms with van der Waals surface area (Å²) in [6.45, 7) is -0.0437. The molecule has 82 valence electrons. The van der Waals surface area contributed by atoms with E-state index in [0.717, 1.165) is 0 Å². The first-order valence-corrected chi connectivity index (χ1v) is 4.43. The summed E-state index contributed by atoms with van der Waals surface area (Å²) in [7, 11) is 0. The Morgan fingerprint density at radius 2 is 2.13 bits per heavy atom. The third kappa shape index (κ3) is 2.35. The molecular weight excluding hydrogens is 200 g/mol. The molecule has 0 aliphatic carbocycles. The van der Waals surface area contributed by atoms with Crippen molar-refractivity contribution in [2.24, 2.45) is 0 Å². The number of benzene rings is 1. The summed E-state index contributed by atoms with van der Waals surface area (Å²) in [5, 5.41) is 28.6. The summed E-state index contributed by atoms with van der Waals surface area (Å²) >= 11 is 0. The zero-order valence-electron chi connectivity index (χ0n) is 8.01. The number of nitrogens with two attached hydrogens (primary N) is 1. The van der Waals surface area contributed by atoms with E-state index in [1.165, 1.54) is 12.1 Å². The van der Waals surface area contributed by atoms with Gasteiger partial charge in [0.25, 0.3) is 5.69 Å². The van der Waals surface area contributed by atoms with Crippen LogP contribution in [0.5, 0.6) is 5.75 Å². The van der Waals surface area contributed by atoms with Crippen LogP contribution in [0.1, 0.15) is 12.0 Å². The Morgan fingerprint density at radius 1 is 1.47 bits per heavy atom. The molecule has 0 spiro atoms. The smallest absolute Gasteiger partial charge is 0.299 e. The van der Waals surface area contributed by atoms with Gasteiger partial charge in [-0.15, -0.1) is 0 Å². The molecule has 0 radical (unpaired) electrons. The van der Waals surface area contributed by atoms with E-state index in [2.05, 4.69) is 0 Å². The highest BCUT2D eigenvalue weighted by molar-refractivity contribution is 5.69. The van der Waals surface area contributed by atoms with E-state index in [-0.39, 0.29) is 23.7 Å². The van der Waals surface area contributed by atoms with Crippen LogP contribution in [0.15, 0.2) is 12.1 Å². The maximum atomic E-state index is 10.7. The van der Waals surface area contributed by atoms with Gasteiger partial charge in [-0.25, -0.2) is 0 Å². The molecule has 0 bridgehead atoms. The van der Waals surface area contributed by atoms with Crippen molar-refractivity contribution in [1.29, 1.82) is 0 Å². The predicted molar refractivity (Wildman–Crippen MR) is 54.6 cm³/mol. The lowest BCUT2D eigenvalue weighted by atomic mass is 10.1. The summed E-state index contributed by atoms with van der Waals surface area (Å²) in [4.78, 5) is 10.1. The molecule has 0 heterocycles. The van der Waals surface area contributed by atoms with Gasteiger partial charge in [0, 0.05) is 12.2 Å². The predicted octanol–water partition coefficient (Wildman–Crippen LogP) is 0.807. The Balaban J connectivity index is 3.15. The fourth-order valence-corrected chi connectivity index (χ4v) is 1.33. The number of aliphatic hydroxyl groups excluding tert-OH is 1. The molecular formula is C9H12N2O4. The van der Waals surface area contributed by atoms with Gasteiger partial charge in [0.1, 0.15) is 5.75 Å². The number of nitro benzene ring substituents is 1. The lowest BCUT2D eigenvalue weighted by Gasteiger charge is -2.05. The molecule has 6 heteroatoms. The number of aliphatic hydroxyl groups is 1. The van der Waals surface area contributed by atoms with Gasteiger partial charge in [0.05, 0.1) is 4.92 Å². The minimum absolute atomic E-state index is 0.0437. The maximum Gasteiger partial charge on any atom is 0.299 e. The second kappa shape index (κ2) is 4.61. The number of hydrogen-bond donors (Lipinski definition) is 3. The molecule has 0 aliphatic heterocycles. The Bertz CT molecular complexity index is 379. The van der Waals surface area contributed by atoms with Crippen molar-refractivity contribution in [3.05, 3.63) is 27.8 Å². The van der Waals surface area contributed by atoms with E-state index in [4.69, 9.17) is 10.8 Å². The Kier molecular flexibility index (Phi) is 3.46. The number of nitro groups is 1. The van der Waals surface area contributed by atoms with Crippen molar-refractivity contribution in [2.45, 2.75) is 12.8 Å². The van der Waals surface area contributed by atoms with Crippen LogP contribution in [-0.4, -0.2) is 21.7 Å². The van der Waals surface area contributed by atoms with Crippen molar-refractivity contribution in [3.8, 4) is 5.75 Å². The van der Waals surface area contributed by atoms with Gasteiger partial charge in [-0.3, -0.25) is 10.1 Å². The fourth-order valence-electron chi connectivity index (χ4n) is 1.33. The molecule has 0 aromatic heterocycles. The number of hydrogen-bond acceptors (Lipinski definition) is 5. The van der Waals surface area contributed by atoms with Crippen molar-refractivity contribution in [3.63, 3.8) is 0 Å². The fraction of sp³-hybridized carbons (Fsp3) is 0.333. The zero-order chi connectivity index (χ0) is 11.4. The third-order valence-electron chi connectivity index (χ3n) is 2.06. The van der Waals surface area contributed by atoms with Crippen LogP contribution >= 0.6 is 0 Å². The lowest BCUT2D eigenvalue weighted by molar-refractivity contribution is -0.384. The summed E-state index contributed by atoms with van der Waals surface area (Å²) in [5.41, 5.74) is 5.32. The van der Waals surface area contributed by atoms with E-state index < -0.39 is 4.92 Å². The number of rotatable bonds is 4. The molecule has 15 heavy (non-hydrogen) atoms. The van der Waals surface area contributed by atoms with E-state index in [9.17, 15) is 15.2 Å². The van der Waals surface area contributed by atoms with Crippen LogP contribution < -0.4 is 5.73 Å². The topological polar surface area (TPSA) is 110 Å². The van der Waals surface area contributed by atoms with Crippen LogP contribution in [0, 0.1) is 10.1 Å². The van der Waals surface area contributed by atoms with Crippen molar-refractivity contribution < 1.29 is 15.1 Å². The molecule has 1 rings (SSSR count). The highest BCUT2D eigenvalue weighted by Crippen LogP contribution is 2.34. The molecule has 0 aliphatic rings. The normalized spacial score (nSPS) is 10.2. The largest absolute Gasteiger partial charge is 0.506 e. The van der Waals surface area contributed by atoms with Crippen LogP contribution in [0.3, 0.4) is 0 Å². The average Bonchev–Trinajstić information content (AvgIpc) is 2.19. The molecule has 6 nitrogen and oxygen atoms in total. The number of aryl methyl sites for hydroxylation is 1. The zero-order valence-corrected chi connectivity index (χ0v) is 8.01. The SMILES string of the molecule is Nc1c(O)ccc(CCCO)c1[N+](=O)[O-]. The molecule has 4 N–H and O–H groups in total. The van der Waals surface area contributed by atoms with Crippen LogP contribution in [-0.2, 0) is 6.42 Å². The van der Waals surface area contributed by atoms with Gasteiger partial charge in [-0.2, -0.15) is 0 Å². The minimum Gasteiger partial charge on any atom is -0.506 e. The first-order valence-electron chi connectivity index (χ1n) is 4.43. The van der Waals surface area contributed by atoms with Gasteiger partial charge in [-0.1, -0.05) is 0 Å². The van der Waals surface area contributed by atoms with E-state index >= 15 is 0 Å². The quantitative estimate of drug-likeness (QED) is 0.296. The van der Waals surface area contributed by atoms with Crippen LogP contribution in [0.2, 0.25) is 0 Å². The number of anilines is 1. The standard InChI is InChI=1S/C9H12N2O4/c10-8-7(13)4-3-6(2-1-5-12)9(8)11(14)15/h3-4,12-13H,1-2,5,10H2. The third-order valence-corrected chi connectivity index (χ3v) is 2.06. The minimum atomic E-state index is -0.623. The second-order valence-electron chi connectivity index (χ2n) is 3.09. The van der Waals surface area contributed by atoms with Crippen LogP contribution in [0.4, 0.5) is 11.4 Å². The van der Waals surface area contributed by atoms with Crippen molar-refractivity contribution in [2.75, 3.05) is 12.3 Å². The average molecular weight is 212 g/mol. The Hall–Kier alpha value is -1.82. The molecule has 1 aromatic rings. The van der Waals surface area contributed by atoms with Gasteiger partial charge in [-0.05, 0) is 25.0 Å². The van der Waals surface area contributed by atoms with Gasteiger partial charge >= 0.3 is 0 Å². The highest BCUT2D eigenvalue weighted by atomic mass is 16.6.